The van der Waals surface area contributed by atoms with E-state index in [-0.39, 0.29) is 25.7 Å². The zero-order chi connectivity index (χ0) is 23.1. The topological polar surface area (TPSA) is 86.8 Å². The van der Waals surface area contributed by atoms with Crippen molar-refractivity contribution in [1.29, 1.82) is 0 Å². The van der Waals surface area contributed by atoms with E-state index in [1.807, 2.05) is 44.2 Å². The van der Waals surface area contributed by atoms with Crippen LogP contribution in [0, 0.1) is 0 Å². The van der Waals surface area contributed by atoms with Crippen molar-refractivity contribution in [3.63, 3.8) is 0 Å². The number of hydrazine groups is 1. The molecule has 176 valence electrons. The average Bonchev–Trinajstić information content (AvgIpc) is 2.79. The van der Waals surface area contributed by atoms with Crippen molar-refractivity contribution in [1.82, 2.24) is 10.0 Å². The van der Waals surface area contributed by atoms with Crippen molar-refractivity contribution in [3.05, 3.63) is 47.4 Å². The number of ether oxygens (including phenoxy) is 5. The van der Waals surface area contributed by atoms with Gasteiger partial charge in [0.2, 0.25) is 0 Å². The number of hydrogen-bond acceptors (Lipinski definition) is 7. The number of hydrogen-bond donors (Lipinski definition) is 0. The highest BCUT2D eigenvalue weighted by Gasteiger charge is 2.51. The van der Waals surface area contributed by atoms with Crippen LogP contribution in [0.4, 0.5) is 9.59 Å². The first kappa shape index (κ1) is 23.7. The number of benzene rings is 1. The number of amides is 2. The number of carbonyl (C=O) groups excluding carboxylic acids is 2. The maximum Gasteiger partial charge on any atom is 0.429 e. The molecule has 1 fully saturated rings. The van der Waals surface area contributed by atoms with Crippen LogP contribution in [-0.2, 0) is 23.7 Å². The van der Waals surface area contributed by atoms with Crippen LogP contribution in [0.1, 0.15) is 45.6 Å². The second-order valence-corrected chi connectivity index (χ2v) is 7.22. The van der Waals surface area contributed by atoms with Crippen LogP contribution in [0.15, 0.2) is 41.9 Å². The largest absolute Gasteiger partial charge is 0.493 e. The minimum Gasteiger partial charge on any atom is -0.493 e. The standard InChI is InChI=1S/C23H32N2O7/c1-5-28-18-15-24(22(26)30-7-3)25(23(27)31-8-4)20-17(16-12-10-9-11-13-16)14-19(29-6-2)32-21(18)20/h9-13,17,19-20H,5-8,14-15H2,1-4H3/t17-,19+,20-/m1/s1. The number of fused-ring (bicyclic) bond motifs is 1. The molecule has 9 nitrogen and oxygen atoms in total. The monoisotopic (exact) mass is 448 g/mol. The van der Waals surface area contributed by atoms with Crippen molar-refractivity contribution in [2.24, 2.45) is 0 Å². The van der Waals surface area contributed by atoms with E-state index in [9.17, 15) is 9.59 Å². The van der Waals surface area contributed by atoms with Crippen LogP contribution >= 0.6 is 0 Å². The SMILES string of the molecule is CCOC(=O)N1CC(OCC)=C2O[C@H](OCC)C[C@H](c3ccccc3)[C@H]2N1C(=O)OCC. The molecular formula is C23H32N2O7. The highest BCUT2D eigenvalue weighted by atomic mass is 16.7. The summed E-state index contributed by atoms with van der Waals surface area (Å²) in [5, 5.41) is 2.54. The van der Waals surface area contributed by atoms with E-state index in [1.54, 1.807) is 13.8 Å². The molecule has 2 aliphatic rings. The molecule has 1 saturated heterocycles. The molecule has 32 heavy (non-hydrogen) atoms. The van der Waals surface area contributed by atoms with E-state index in [1.165, 1.54) is 10.0 Å². The molecule has 1 aromatic rings. The van der Waals surface area contributed by atoms with Gasteiger partial charge in [-0.2, -0.15) is 0 Å². The van der Waals surface area contributed by atoms with E-state index in [0.29, 0.717) is 31.2 Å². The lowest BCUT2D eigenvalue weighted by Crippen LogP contribution is -2.62. The highest BCUT2D eigenvalue weighted by Crippen LogP contribution is 2.43. The second kappa shape index (κ2) is 11.1. The zero-order valence-electron chi connectivity index (χ0n) is 19.1. The summed E-state index contributed by atoms with van der Waals surface area (Å²) in [6, 6.07) is 9.13. The summed E-state index contributed by atoms with van der Waals surface area (Å²) in [7, 11) is 0. The minimum atomic E-state index is -0.659. The maximum absolute atomic E-state index is 13.1. The summed E-state index contributed by atoms with van der Waals surface area (Å²) in [4.78, 5) is 26.0. The zero-order valence-corrected chi connectivity index (χ0v) is 19.1. The van der Waals surface area contributed by atoms with E-state index >= 15 is 0 Å². The van der Waals surface area contributed by atoms with Crippen LogP contribution in [0.3, 0.4) is 0 Å². The van der Waals surface area contributed by atoms with Crippen molar-refractivity contribution in [3.8, 4) is 0 Å². The Kier molecular flexibility index (Phi) is 8.21. The van der Waals surface area contributed by atoms with Gasteiger partial charge in [0.05, 0.1) is 19.8 Å². The molecule has 0 aromatic heterocycles. The van der Waals surface area contributed by atoms with Crippen molar-refractivity contribution in [2.45, 2.75) is 52.4 Å². The van der Waals surface area contributed by atoms with E-state index < -0.39 is 24.5 Å². The molecule has 0 unspecified atom stereocenters. The Morgan fingerprint density at radius 3 is 2.28 bits per heavy atom. The highest BCUT2D eigenvalue weighted by molar-refractivity contribution is 5.76. The summed E-state index contributed by atoms with van der Waals surface area (Å²) in [5.74, 6) is 0.712. The van der Waals surface area contributed by atoms with E-state index in [4.69, 9.17) is 23.7 Å². The summed E-state index contributed by atoms with van der Waals surface area (Å²) in [5.41, 5.74) is 0.985. The van der Waals surface area contributed by atoms with Gasteiger partial charge in [0.15, 0.2) is 17.8 Å². The molecule has 9 heteroatoms. The van der Waals surface area contributed by atoms with Crippen LogP contribution in [0.25, 0.3) is 0 Å². The molecule has 0 N–H and O–H groups in total. The Morgan fingerprint density at radius 2 is 1.66 bits per heavy atom. The molecule has 3 rings (SSSR count). The first-order chi connectivity index (χ1) is 15.5. The van der Waals surface area contributed by atoms with Crippen LogP contribution in [0.2, 0.25) is 0 Å². The summed E-state index contributed by atoms with van der Waals surface area (Å²) in [6.07, 6.45) is -1.34. The summed E-state index contributed by atoms with van der Waals surface area (Å²) >= 11 is 0. The average molecular weight is 449 g/mol. The predicted octanol–water partition coefficient (Wildman–Crippen LogP) is 4.02. The molecular weight excluding hydrogens is 416 g/mol. The van der Waals surface area contributed by atoms with Gasteiger partial charge in [0.25, 0.3) is 0 Å². The third kappa shape index (κ3) is 4.93. The lowest BCUT2D eigenvalue weighted by atomic mass is 9.84. The number of nitrogens with zero attached hydrogens (tertiary/aromatic N) is 2. The van der Waals surface area contributed by atoms with Gasteiger partial charge in [-0.3, -0.25) is 0 Å². The molecule has 2 aliphatic heterocycles. The van der Waals surface area contributed by atoms with E-state index in [0.717, 1.165) is 5.56 Å². The third-order valence-corrected chi connectivity index (χ3v) is 5.28. The van der Waals surface area contributed by atoms with Gasteiger partial charge in [0.1, 0.15) is 12.6 Å². The molecule has 2 heterocycles. The lowest BCUT2D eigenvalue weighted by molar-refractivity contribution is -0.174. The van der Waals surface area contributed by atoms with Crippen LogP contribution in [-0.4, -0.2) is 67.5 Å². The Morgan fingerprint density at radius 1 is 0.969 bits per heavy atom. The molecule has 0 saturated carbocycles. The van der Waals surface area contributed by atoms with Gasteiger partial charge in [-0.05, 0) is 33.3 Å². The lowest BCUT2D eigenvalue weighted by Gasteiger charge is -2.49. The van der Waals surface area contributed by atoms with Gasteiger partial charge in [0, 0.05) is 18.9 Å². The smallest absolute Gasteiger partial charge is 0.429 e. The Balaban J connectivity index is 2.15. The Hall–Kier alpha value is -2.94. The number of rotatable bonds is 7. The van der Waals surface area contributed by atoms with Crippen LogP contribution in [0.5, 0.6) is 0 Å². The fourth-order valence-corrected chi connectivity index (χ4v) is 4.08. The predicted molar refractivity (Wildman–Crippen MR) is 115 cm³/mol. The van der Waals surface area contributed by atoms with Gasteiger partial charge in [-0.25, -0.2) is 19.6 Å². The molecule has 0 spiro atoms. The van der Waals surface area contributed by atoms with E-state index in [2.05, 4.69) is 0 Å². The molecule has 0 radical (unpaired) electrons. The molecule has 0 bridgehead atoms. The molecule has 1 aromatic carbocycles. The second-order valence-electron chi connectivity index (χ2n) is 7.22. The Labute approximate surface area is 188 Å². The van der Waals surface area contributed by atoms with Crippen molar-refractivity contribution in [2.75, 3.05) is 33.0 Å². The van der Waals surface area contributed by atoms with Crippen molar-refractivity contribution >= 4 is 12.2 Å². The minimum absolute atomic E-state index is 0.0162. The number of carbonyl (C=O) groups is 2. The first-order valence-corrected chi connectivity index (χ1v) is 11.1. The van der Waals surface area contributed by atoms with Gasteiger partial charge < -0.3 is 23.7 Å². The van der Waals surface area contributed by atoms with Gasteiger partial charge >= 0.3 is 12.2 Å². The maximum atomic E-state index is 13.1. The van der Waals surface area contributed by atoms with Crippen LogP contribution < -0.4 is 0 Å². The van der Waals surface area contributed by atoms with Crippen molar-refractivity contribution < 1.29 is 33.3 Å². The normalized spacial score (nSPS) is 22.7. The van der Waals surface area contributed by atoms with Gasteiger partial charge in [-0.1, -0.05) is 30.3 Å². The Bertz CT molecular complexity index is 814. The molecule has 3 atom stereocenters. The first-order valence-electron chi connectivity index (χ1n) is 11.1. The third-order valence-electron chi connectivity index (χ3n) is 5.28. The fraction of sp³-hybridized carbons (Fsp3) is 0.565. The molecule has 0 aliphatic carbocycles. The quantitative estimate of drug-likeness (QED) is 0.623. The summed E-state index contributed by atoms with van der Waals surface area (Å²) in [6.45, 7) is 8.35. The van der Waals surface area contributed by atoms with Gasteiger partial charge in [-0.15, -0.1) is 0 Å². The summed E-state index contributed by atoms with van der Waals surface area (Å²) < 4.78 is 28.5. The molecule has 2 amide bonds. The fourth-order valence-electron chi connectivity index (χ4n) is 4.08.